The second-order valence-corrected chi connectivity index (χ2v) is 10.6. The number of hydrogen-bond acceptors (Lipinski definition) is 8. The molecule has 29 heavy (non-hydrogen) atoms. The summed E-state index contributed by atoms with van der Waals surface area (Å²) < 4.78 is 6.40. The van der Waals surface area contributed by atoms with E-state index in [4.69, 9.17) is 9.72 Å². The Balaban J connectivity index is 1.57. The van der Waals surface area contributed by atoms with Crippen LogP contribution in [0.4, 0.5) is 5.82 Å². The lowest BCUT2D eigenvalue weighted by Gasteiger charge is -2.35. The fraction of sp³-hybridized carbons (Fsp3) is 0.450. The third-order valence-electron chi connectivity index (χ3n) is 5.02. The summed E-state index contributed by atoms with van der Waals surface area (Å²) in [5.41, 5.74) is 0.921. The second-order valence-electron chi connectivity index (χ2n) is 7.02. The van der Waals surface area contributed by atoms with Crippen LogP contribution in [0.25, 0.3) is 10.2 Å². The van der Waals surface area contributed by atoms with Crippen LogP contribution in [0.1, 0.15) is 32.9 Å². The van der Waals surface area contributed by atoms with Gasteiger partial charge in [-0.3, -0.25) is 4.90 Å². The zero-order chi connectivity index (χ0) is 20.5. The van der Waals surface area contributed by atoms with E-state index in [1.54, 1.807) is 11.3 Å². The molecule has 1 aliphatic rings. The number of anilines is 1. The molecule has 0 bridgehead atoms. The minimum Gasteiger partial charge on any atom is -0.462 e. The molecular formula is C20H23BrN4O2S2. The standard InChI is InChI=1S/C20H23BrN4O2S2/c1-4-27-20(26)17-12(2)16-18(22-13(3)23-19(16)29-17)25-9-7-24(8-10-25)11-14-5-6-15(21)28-14/h5-6H,4,7-11H2,1-3H3. The molecule has 0 aliphatic carbocycles. The number of nitrogens with zero attached hydrogens (tertiary/aromatic N) is 4. The highest BCUT2D eigenvalue weighted by Gasteiger charge is 2.25. The van der Waals surface area contributed by atoms with E-state index in [9.17, 15) is 4.79 Å². The number of fused-ring (bicyclic) bond motifs is 1. The molecule has 0 unspecified atom stereocenters. The van der Waals surface area contributed by atoms with Gasteiger partial charge in [0, 0.05) is 37.6 Å². The SMILES string of the molecule is CCOC(=O)c1sc2nc(C)nc(N3CCN(Cc4ccc(Br)s4)CC3)c2c1C. The maximum atomic E-state index is 12.3. The Bertz CT molecular complexity index is 1040. The summed E-state index contributed by atoms with van der Waals surface area (Å²) in [5.74, 6) is 1.40. The highest BCUT2D eigenvalue weighted by molar-refractivity contribution is 9.11. The second kappa shape index (κ2) is 8.67. The number of rotatable bonds is 5. The largest absolute Gasteiger partial charge is 0.462 e. The smallest absolute Gasteiger partial charge is 0.348 e. The lowest BCUT2D eigenvalue weighted by atomic mass is 10.1. The number of aromatic nitrogens is 2. The van der Waals surface area contributed by atoms with Gasteiger partial charge in [0.05, 0.1) is 15.8 Å². The fourth-order valence-electron chi connectivity index (χ4n) is 3.62. The summed E-state index contributed by atoms with van der Waals surface area (Å²) in [5, 5.41) is 0.985. The van der Waals surface area contributed by atoms with Crippen LogP contribution in [-0.2, 0) is 11.3 Å². The van der Waals surface area contributed by atoms with Crippen LogP contribution in [0, 0.1) is 13.8 Å². The molecule has 3 aromatic heterocycles. The van der Waals surface area contributed by atoms with E-state index >= 15 is 0 Å². The maximum absolute atomic E-state index is 12.3. The number of hydrogen-bond donors (Lipinski definition) is 0. The van der Waals surface area contributed by atoms with Crippen molar-refractivity contribution in [2.45, 2.75) is 27.3 Å². The lowest BCUT2D eigenvalue weighted by Crippen LogP contribution is -2.46. The van der Waals surface area contributed by atoms with Crippen LogP contribution in [0.5, 0.6) is 0 Å². The molecule has 1 aliphatic heterocycles. The van der Waals surface area contributed by atoms with E-state index in [-0.39, 0.29) is 5.97 Å². The van der Waals surface area contributed by atoms with Gasteiger partial charge in [0.1, 0.15) is 21.3 Å². The molecule has 1 saturated heterocycles. The highest BCUT2D eigenvalue weighted by atomic mass is 79.9. The van der Waals surface area contributed by atoms with E-state index in [0.717, 1.165) is 60.1 Å². The van der Waals surface area contributed by atoms with Gasteiger partial charge in [-0.2, -0.15) is 0 Å². The van der Waals surface area contributed by atoms with E-state index in [1.807, 2.05) is 20.8 Å². The van der Waals surface area contributed by atoms with Crippen LogP contribution >= 0.6 is 38.6 Å². The van der Waals surface area contributed by atoms with Crippen LogP contribution in [0.3, 0.4) is 0 Å². The van der Waals surface area contributed by atoms with E-state index in [1.165, 1.54) is 20.0 Å². The number of esters is 1. The summed E-state index contributed by atoms with van der Waals surface area (Å²) in [6, 6.07) is 4.29. The normalized spacial score (nSPS) is 15.2. The summed E-state index contributed by atoms with van der Waals surface area (Å²) >= 11 is 6.74. The first kappa shape index (κ1) is 20.7. The minimum absolute atomic E-state index is 0.275. The Morgan fingerprint density at radius 2 is 1.93 bits per heavy atom. The van der Waals surface area contributed by atoms with Crippen LogP contribution in [0.15, 0.2) is 15.9 Å². The third-order valence-corrected chi connectivity index (χ3v) is 7.80. The first-order valence-corrected chi connectivity index (χ1v) is 12.0. The zero-order valence-electron chi connectivity index (χ0n) is 16.7. The number of aryl methyl sites for hydroxylation is 2. The van der Waals surface area contributed by atoms with Crippen molar-refractivity contribution in [1.82, 2.24) is 14.9 Å². The van der Waals surface area contributed by atoms with E-state index in [0.29, 0.717) is 11.5 Å². The van der Waals surface area contributed by atoms with Crippen molar-refractivity contribution in [2.75, 3.05) is 37.7 Å². The Hall–Kier alpha value is -1.55. The third kappa shape index (κ3) is 4.33. The molecule has 6 nitrogen and oxygen atoms in total. The molecule has 4 rings (SSSR count). The average molecular weight is 495 g/mol. The number of halogens is 1. The van der Waals surface area contributed by atoms with Gasteiger partial charge in [-0.25, -0.2) is 14.8 Å². The molecule has 9 heteroatoms. The molecule has 1 fully saturated rings. The molecule has 0 amide bonds. The Morgan fingerprint density at radius 3 is 2.59 bits per heavy atom. The first-order valence-electron chi connectivity index (χ1n) is 9.62. The Kier molecular flexibility index (Phi) is 6.19. The predicted octanol–water partition coefficient (Wildman–Crippen LogP) is 4.63. The molecule has 4 heterocycles. The number of carbonyl (C=O) groups excluding carboxylic acids is 1. The van der Waals surface area contributed by atoms with E-state index < -0.39 is 0 Å². The molecule has 0 spiro atoms. The molecule has 0 saturated carbocycles. The Labute approximate surface area is 186 Å². The van der Waals surface area contributed by atoms with Crippen molar-refractivity contribution in [3.8, 4) is 0 Å². The molecule has 0 atom stereocenters. The van der Waals surface area contributed by atoms with Gasteiger partial charge in [0.2, 0.25) is 0 Å². The maximum Gasteiger partial charge on any atom is 0.348 e. The lowest BCUT2D eigenvalue weighted by molar-refractivity contribution is 0.0531. The number of thiophene rings is 2. The molecule has 0 N–H and O–H groups in total. The quantitative estimate of drug-likeness (QED) is 0.481. The molecule has 154 valence electrons. The first-order chi connectivity index (χ1) is 14.0. The number of carbonyl (C=O) groups is 1. The van der Waals surface area contributed by atoms with Crippen LogP contribution in [0.2, 0.25) is 0 Å². The number of piperazine rings is 1. The van der Waals surface area contributed by atoms with Gasteiger partial charge < -0.3 is 9.64 Å². The molecule has 3 aromatic rings. The van der Waals surface area contributed by atoms with Crippen molar-refractivity contribution in [2.24, 2.45) is 0 Å². The van der Waals surface area contributed by atoms with Gasteiger partial charge >= 0.3 is 5.97 Å². The number of ether oxygens (including phenoxy) is 1. The summed E-state index contributed by atoms with van der Waals surface area (Å²) in [6.07, 6.45) is 0. The summed E-state index contributed by atoms with van der Waals surface area (Å²) in [7, 11) is 0. The van der Waals surface area contributed by atoms with Crippen LogP contribution < -0.4 is 4.90 Å². The van der Waals surface area contributed by atoms with Crippen LogP contribution in [-0.4, -0.2) is 53.6 Å². The van der Waals surface area contributed by atoms with Gasteiger partial charge in [-0.05, 0) is 54.4 Å². The van der Waals surface area contributed by atoms with E-state index in [2.05, 4.69) is 42.8 Å². The van der Waals surface area contributed by atoms with Crippen molar-refractivity contribution >= 4 is 60.6 Å². The summed E-state index contributed by atoms with van der Waals surface area (Å²) in [6.45, 7) is 10.8. The van der Waals surface area contributed by atoms with Crippen molar-refractivity contribution in [3.63, 3.8) is 0 Å². The van der Waals surface area contributed by atoms with Crippen molar-refractivity contribution in [1.29, 1.82) is 0 Å². The fourth-order valence-corrected chi connectivity index (χ4v) is 6.26. The molecule has 0 radical (unpaired) electrons. The molecular weight excluding hydrogens is 472 g/mol. The Morgan fingerprint density at radius 1 is 1.17 bits per heavy atom. The van der Waals surface area contributed by atoms with Gasteiger partial charge in [0.25, 0.3) is 0 Å². The topological polar surface area (TPSA) is 58.6 Å². The summed E-state index contributed by atoms with van der Waals surface area (Å²) in [4.78, 5) is 29.4. The van der Waals surface area contributed by atoms with Gasteiger partial charge in [-0.15, -0.1) is 22.7 Å². The predicted molar refractivity (Wildman–Crippen MR) is 122 cm³/mol. The minimum atomic E-state index is -0.275. The van der Waals surface area contributed by atoms with Crippen molar-refractivity contribution < 1.29 is 9.53 Å². The zero-order valence-corrected chi connectivity index (χ0v) is 19.9. The highest BCUT2D eigenvalue weighted by Crippen LogP contribution is 2.36. The van der Waals surface area contributed by atoms with Gasteiger partial charge in [0.15, 0.2) is 0 Å². The molecule has 0 aromatic carbocycles. The van der Waals surface area contributed by atoms with Gasteiger partial charge in [-0.1, -0.05) is 0 Å². The monoisotopic (exact) mass is 494 g/mol. The van der Waals surface area contributed by atoms with Crippen molar-refractivity contribution in [3.05, 3.63) is 37.1 Å². The average Bonchev–Trinajstić information content (AvgIpc) is 3.25.